The van der Waals surface area contributed by atoms with Gasteiger partial charge in [-0.15, -0.1) is 0 Å². The molecule has 3 rings (SSSR count). The largest absolute Gasteiger partial charge is 0.456 e. The number of aromatic nitrogens is 2. The van der Waals surface area contributed by atoms with Gasteiger partial charge in [-0.2, -0.15) is 0 Å². The Kier molecular flexibility index (Phi) is 6.57. The second-order valence-electron chi connectivity index (χ2n) is 6.95. The molecule has 1 aliphatic carbocycles. The van der Waals surface area contributed by atoms with Crippen molar-refractivity contribution in [2.45, 2.75) is 57.4 Å². The summed E-state index contributed by atoms with van der Waals surface area (Å²) in [6.07, 6.45) is 6.96. The van der Waals surface area contributed by atoms with E-state index in [4.69, 9.17) is 4.74 Å². The Hall–Kier alpha value is -2.70. The second-order valence-corrected chi connectivity index (χ2v) is 6.95. The number of ether oxygens (including phenoxy) is 1. The number of benzene rings is 1. The molecule has 27 heavy (non-hydrogen) atoms. The summed E-state index contributed by atoms with van der Waals surface area (Å²) in [7, 11) is 0. The third kappa shape index (κ3) is 5.64. The number of rotatable bonds is 6. The zero-order valence-electron chi connectivity index (χ0n) is 15.3. The number of fused-ring (bicyclic) bond motifs is 1. The van der Waals surface area contributed by atoms with Crippen molar-refractivity contribution in [3.05, 3.63) is 40.4 Å². The Bertz CT molecular complexity index is 854. The lowest BCUT2D eigenvalue weighted by molar-refractivity contribution is -0.148. The molecule has 1 aromatic heterocycles. The number of aryl methyl sites for hydroxylation is 1. The van der Waals surface area contributed by atoms with Gasteiger partial charge >= 0.3 is 5.97 Å². The number of esters is 1. The highest BCUT2D eigenvalue weighted by Crippen LogP contribution is 2.17. The average Bonchev–Trinajstić information content (AvgIpc) is 2.93. The molecule has 0 aliphatic heterocycles. The molecule has 1 aromatic carbocycles. The molecule has 1 amide bonds. The van der Waals surface area contributed by atoms with Crippen LogP contribution in [0.2, 0.25) is 0 Å². The fourth-order valence-corrected chi connectivity index (χ4v) is 3.38. The summed E-state index contributed by atoms with van der Waals surface area (Å²) in [4.78, 5) is 42.9. The molecule has 1 aliphatic rings. The quantitative estimate of drug-likeness (QED) is 0.599. The van der Waals surface area contributed by atoms with E-state index in [0.29, 0.717) is 16.7 Å². The number of amides is 1. The number of aromatic amines is 1. The van der Waals surface area contributed by atoms with Gasteiger partial charge in [0.25, 0.3) is 11.5 Å². The van der Waals surface area contributed by atoms with E-state index in [-0.39, 0.29) is 37.0 Å². The lowest BCUT2D eigenvalue weighted by Crippen LogP contribution is -2.37. The van der Waals surface area contributed by atoms with Gasteiger partial charge in [0, 0.05) is 12.5 Å². The first kappa shape index (κ1) is 19.1. The number of hydrogen-bond acceptors (Lipinski definition) is 5. The molecule has 1 heterocycles. The van der Waals surface area contributed by atoms with Crippen LogP contribution < -0.4 is 10.9 Å². The highest BCUT2D eigenvalue weighted by Gasteiger charge is 2.16. The van der Waals surface area contributed by atoms with Crippen molar-refractivity contribution < 1.29 is 14.3 Å². The Morgan fingerprint density at radius 1 is 1.15 bits per heavy atom. The first-order valence-corrected chi connectivity index (χ1v) is 9.55. The van der Waals surface area contributed by atoms with Crippen LogP contribution in [0.25, 0.3) is 10.9 Å². The van der Waals surface area contributed by atoms with Gasteiger partial charge < -0.3 is 15.0 Å². The molecule has 144 valence electrons. The van der Waals surface area contributed by atoms with Crippen LogP contribution in [0.15, 0.2) is 29.1 Å². The van der Waals surface area contributed by atoms with Gasteiger partial charge in [-0.25, -0.2) is 4.98 Å². The van der Waals surface area contributed by atoms with Crippen molar-refractivity contribution in [1.29, 1.82) is 0 Å². The number of hydrogen-bond donors (Lipinski definition) is 2. The van der Waals surface area contributed by atoms with Crippen molar-refractivity contribution in [1.82, 2.24) is 15.3 Å². The fraction of sp³-hybridized carbons (Fsp3) is 0.500. The molecule has 7 nitrogen and oxygen atoms in total. The van der Waals surface area contributed by atoms with Gasteiger partial charge in [-0.05, 0) is 25.0 Å². The van der Waals surface area contributed by atoms with Crippen LogP contribution in [-0.2, 0) is 20.7 Å². The lowest BCUT2D eigenvalue weighted by Gasteiger charge is -2.16. The number of nitrogens with zero attached hydrogens (tertiary/aromatic N) is 1. The summed E-state index contributed by atoms with van der Waals surface area (Å²) in [5.41, 5.74) is 0.360. The summed E-state index contributed by atoms with van der Waals surface area (Å²) in [6.45, 7) is -0.267. The molecule has 0 unspecified atom stereocenters. The molecule has 0 saturated heterocycles. The third-order valence-corrected chi connectivity index (χ3v) is 4.81. The van der Waals surface area contributed by atoms with E-state index < -0.39 is 5.97 Å². The molecule has 0 spiro atoms. The SMILES string of the molecule is O=C(COC(=O)CCc1nc2ccccc2c(=O)[nH]1)NC1CCCCCC1. The fourth-order valence-electron chi connectivity index (χ4n) is 3.38. The number of para-hydroxylation sites is 1. The van der Waals surface area contributed by atoms with E-state index in [1.165, 1.54) is 12.8 Å². The molecule has 2 N–H and O–H groups in total. The van der Waals surface area contributed by atoms with Gasteiger partial charge in [-0.1, -0.05) is 37.8 Å². The molecule has 1 fully saturated rings. The molecular formula is C20H25N3O4. The second kappa shape index (κ2) is 9.30. The molecule has 1 saturated carbocycles. The minimum absolute atomic E-state index is 0.0536. The maximum atomic E-state index is 12.0. The van der Waals surface area contributed by atoms with Crippen LogP contribution in [0.5, 0.6) is 0 Å². The van der Waals surface area contributed by atoms with Gasteiger partial charge in [0.1, 0.15) is 5.82 Å². The number of carbonyl (C=O) groups is 2. The van der Waals surface area contributed by atoms with Crippen LogP contribution >= 0.6 is 0 Å². The molecular weight excluding hydrogens is 346 g/mol. The minimum atomic E-state index is -0.484. The first-order chi connectivity index (χ1) is 13.1. The topological polar surface area (TPSA) is 101 Å². The van der Waals surface area contributed by atoms with Crippen molar-refractivity contribution in [3.63, 3.8) is 0 Å². The monoisotopic (exact) mass is 371 g/mol. The van der Waals surface area contributed by atoms with Crippen LogP contribution in [0, 0.1) is 0 Å². The zero-order valence-corrected chi connectivity index (χ0v) is 15.3. The number of carbonyl (C=O) groups excluding carboxylic acids is 2. The van der Waals surface area contributed by atoms with Gasteiger partial charge in [0.15, 0.2) is 6.61 Å². The van der Waals surface area contributed by atoms with Crippen LogP contribution in [0.3, 0.4) is 0 Å². The van der Waals surface area contributed by atoms with Gasteiger partial charge in [0.2, 0.25) is 0 Å². The van der Waals surface area contributed by atoms with E-state index in [1.807, 2.05) is 0 Å². The highest BCUT2D eigenvalue weighted by molar-refractivity contribution is 5.81. The Labute approximate surface area is 157 Å². The molecule has 0 atom stereocenters. The summed E-state index contributed by atoms with van der Waals surface area (Å²) in [6, 6.07) is 7.22. The summed E-state index contributed by atoms with van der Waals surface area (Å²) in [5, 5.41) is 3.45. The van der Waals surface area contributed by atoms with Crippen molar-refractivity contribution in [2.24, 2.45) is 0 Å². The maximum Gasteiger partial charge on any atom is 0.306 e. The summed E-state index contributed by atoms with van der Waals surface area (Å²) >= 11 is 0. The van der Waals surface area contributed by atoms with Crippen LogP contribution in [0.4, 0.5) is 0 Å². The van der Waals surface area contributed by atoms with E-state index >= 15 is 0 Å². The minimum Gasteiger partial charge on any atom is -0.456 e. The van der Waals surface area contributed by atoms with Gasteiger partial charge in [0.05, 0.1) is 17.3 Å². The van der Waals surface area contributed by atoms with Gasteiger partial charge in [-0.3, -0.25) is 14.4 Å². The number of nitrogens with one attached hydrogen (secondary N) is 2. The van der Waals surface area contributed by atoms with Crippen molar-refractivity contribution in [2.75, 3.05) is 6.61 Å². The van der Waals surface area contributed by atoms with E-state index in [9.17, 15) is 14.4 Å². The van der Waals surface area contributed by atoms with Crippen molar-refractivity contribution in [3.8, 4) is 0 Å². The van der Waals surface area contributed by atoms with E-state index in [1.54, 1.807) is 24.3 Å². The molecule has 2 aromatic rings. The smallest absolute Gasteiger partial charge is 0.306 e. The normalized spacial score (nSPS) is 15.3. The first-order valence-electron chi connectivity index (χ1n) is 9.55. The lowest BCUT2D eigenvalue weighted by atomic mass is 10.1. The summed E-state index contributed by atoms with van der Waals surface area (Å²) in [5.74, 6) is -0.312. The van der Waals surface area contributed by atoms with E-state index in [2.05, 4.69) is 15.3 Å². The predicted octanol–water partition coefficient (Wildman–Crippen LogP) is 2.24. The maximum absolute atomic E-state index is 12.0. The molecule has 0 radical (unpaired) electrons. The zero-order chi connectivity index (χ0) is 19.1. The predicted molar refractivity (Wildman–Crippen MR) is 101 cm³/mol. The van der Waals surface area contributed by atoms with Crippen molar-refractivity contribution >= 4 is 22.8 Å². The third-order valence-electron chi connectivity index (χ3n) is 4.81. The van der Waals surface area contributed by atoms with Crippen LogP contribution in [0.1, 0.15) is 50.8 Å². The van der Waals surface area contributed by atoms with E-state index in [0.717, 1.165) is 25.7 Å². The highest BCUT2D eigenvalue weighted by atomic mass is 16.5. The molecule has 0 bridgehead atoms. The molecule has 7 heteroatoms. The Morgan fingerprint density at radius 3 is 2.67 bits per heavy atom. The Balaban J connectivity index is 1.44. The Morgan fingerprint density at radius 2 is 1.89 bits per heavy atom. The number of H-pyrrole nitrogens is 1. The van der Waals surface area contributed by atoms with Crippen LogP contribution in [-0.4, -0.2) is 34.5 Å². The average molecular weight is 371 g/mol. The standard InChI is InChI=1S/C20H25N3O4/c24-18(21-14-7-3-1-2-4-8-14)13-27-19(25)12-11-17-22-16-10-6-5-9-15(16)20(26)23-17/h5-6,9-10,14H,1-4,7-8,11-13H2,(H,21,24)(H,22,23,26). The summed E-state index contributed by atoms with van der Waals surface area (Å²) < 4.78 is 5.05.